The lowest BCUT2D eigenvalue weighted by Gasteiger charge is -2.31. The highest BCUT2D eigenvalue weighted by molar-refractivity contribution is 6.44. The van der Waals surface area contributed by atoms with E-state index in [4.69, 9.17) is 27.9 Å². The maximum atomic E-state index is 12.2. The van der Waals surface area contributed by atoms with Gasteiger partial charge in [0, 0.05) is 19.3 Å². The second-order valence-corrected chi connectivity index (χ2v) is 5.36. The molecule has 8 heteroatoms. The number of methoxy groups -OCH3 is 1. The summed E-state index contributed by atoms with van der Waals surface area (Å²) in [5.41, 5.74) is 0.989. The molecular formula is C12H18Cl3N3O2. The average molecular weight is 343 g/mol. The second-order valence-electron chi connectivity index (χ2n) is 4.60. The zero-order chi connectivity index (χ0) is 14.0. The summed E-state index contributed by atoms with van der Waals surface area (Å²) in [7, 11) is 1.64. The molecule has 1 amide bonds. The molecule has 5 nitrogen and oxygen atoms in total. The molecule has 1 aliphatic heterocycles. The van der Waals surface area contributed by atoms with Gasteiger partial charge in [-0.2, -0.15) is 0 Å². The van der Waals surface area contributed by atoms with Crippen molar-refractivity contribution in [2.24, 2.45) is 0 Å². The average Bonchev–Trinajstić information content (AvgIpc) is 2.67. The minimum absolute atomic E-state index is 0. The smallest absolute Gasteiger partial charge is 0.269 e. The Balaban J connectivity index is 0.00000200. The lowest BCUT2D eigenvalue weighted by atomic mass is 10.0. The first kappa shape index (κ1) is 17.6. The number of aromatic amines is 1. The third-order valence-electron chi connectivity index (χ3n) is 3.33. The SMILES string of the molecule is CO[C@@H]1CNCC[C@H]1NC(=O)c1[nH]c(C)c(Cl)c1Cl.Cl. The van der Waals surface area contributed by atoms with Crippen LogP contribution in [0.25, 0.3) is 0 Å². The number of aromatic nitrogens is 1. The fourth-order valence-electron chi connectivity index (χ4n) is 2.21. The number of H-pyrrole nitrogens is 1. The molecule has 0 bridgehead atoms. The van der Waals surface area contributed by atoms with E-state index < -0.39 is 0 Å². The third-order valence-corrected chi connectivity index (χ3v) is 4.27. The fraction of sp³-hybridized carbons (Fsp3) is 0.583. The summed E-state index contributed by atoms with van der Waals surface area (Å²) in [6, 6.07) is -0.0304. The molecule has 0 unspecified atom stereocenters. The lowest BCUT2D eigenvalue weighted by molar-refractivity contribution is 0.0475. The highest BCUT2D eigenvalue weighted by atomic mass is 35.5. The molecule has 2 rings (SSSR count). The standard InChI is InChI=1S/C12H17Cl2N3O2.ClH/c1-6-9(13)10(14)11(16-6)12(18)17-7-3-4-15-5-8(7)19-2;/h7-8,15-16H,3-5H2,1-2H3,(H,17,18);1H/t7-,8-;/m1./s1. The molecule has 20 heavy (non-hydrogen) atoms. The lowest BCUT2D eigenvalue weighted by Crippen LogP contribution is -2.53. The first-order valence-corrected chi connectivity index (χ1v) is 6.88. The van der Waals surface area contributed by atoms with Crippen LogP contribution in [-0.4, -0.2) is 43.2 Å². The molecule has 3 N–H and O–H groups in total. The summed E-state index contributed by atoms with van der Waals surface area (Å²) in [6.45, 7) is 3.34. The van der Waals surface area contributed by atoms with Gasteiger partial charge in [-0.05, 0) is 19.9 Å². The predicted octanol–water partition coefficient (Wildman–Crippen LogP) is 2.16. The van der Waals surface area contributed by atoms with Gasteiger partial charge >= 0.3 is 0 Å². The monoisotopic (exact) mass is 341 g/mol. The topological polar surface area (TPSA) is 66.2 Å². The van der Waals surface area contributed by atoms with Gasteiger partial charge in [-0.1, -0.05) is 23.2 Å². The molecule has 0 aliphatic carbocycles. The Kier molecular flexibility index (Phi) is 6.61. The quantitative estimate of drug-likeness (QED) is 0.788. The summed E-state index contributed by atoms with van der Waals surface area (Å²) < 4.78 is 5.35. The maximum Gasteiger partial charge on any atom is 0.269 e. The number of halogens is 3. The van der Waals surface area contributed by atoms with E-state index in [0.29, 0.717) is 16.4 Å². The van der Waals surface area contributed by atoms with Crippen LogP contribution in [0.15, 0.2) is 0 Å². The van der Waals surface area contributed by atoms with Crippen molar-refractivity contribution < 1.29 is 9.53 Å². The zero-order valence-corrected chi connectivity index (χ0v) is 13.6. The van der Waals surface area contributed by atoms with Gasteiger partial charge in [0.2, 0.25) is 0 Å². The van der Waals surface area contributed by atoms with Gasteiger partial charge in [-0.3, -0.25) is 4.79 Å². The molecule has 2 atom stereocenters. The number of carbonyl (C=O) groups excluding carboxylic acids is 1. The molecule has 0 saturated carbocycles. The number of hydrogen-bond acceptors (Lipinski definition) is 3. The van der Waals surface area contributed by atoms with Crippen LogP contribution < -0.4 is 10.6 Å². The Labute approximate surface area is 134 Å². The molecule has 1 aromatic rings. The number of carbonyl (C=O) groups is 1. The molecule has 1 aliphatic rings. The van der Waals surface area contributed by atoms with Crippen molar-refractivity contribution in [2.45, 2.75) is 25.5 Å². The summed E-state index contributed by atoms with van der Waals surface area (Å²) in [6.07, 6.45) is 0.776. The maximum absolute atomic E-state index is 12.2. The number of aryl methyl sites for hydroxylation is 1. The van der Waals surface area contributed by atoms with Gasteiger partial charge in [0.25, 0.3) is 5.91 Å². The molecule has 1 fully saturated rings. The van der Waals surface area contributed by atoms with Crippen molar-refractivity contribution in [1.29, 1.82) is 0 Å². The third kappa shape index (κ3) is 3.59. The van der Waals surface area contributed by atoms with Crippen molar-refractivity contribution in [1.82, 2.24) is 15.6 Å². The largest absolute Gasteiger partial charge is 0.378 e. The van der Waals surface area contributed by atoms with Gasteiger partial charge in [-0.25, -0.2) is 0 Å². The van der Waals surface area contributed by atoms with Crippen molar-refractivity contribution in [2.75, 3.05) is 20.2 Å². The van der Waals surface area contributed by atoms with Crippen LogP contribution in [-0.2, 0) is 4.74 Å². The Bertz CT molecular complexity index is 479. The number of nitrogens with one attached hydrogen (secondary N) is 3. The number of hydrogen-bond donors (Lipinski definition) is 3. The van der Waals surface area contributed by atoms with E-state index in [9.17, 15) is 4.79 Å². The van der Waals surface area contributed by atoms with E-state index >= 15 is 0 Å². The van der Waals surface area contributed by atoms with Crippen LogP contribution in [0.3, 0.4) is 0 Å². The summed E-state index contributed by atoms with van der Waals surface area (Å²) in [4.78, 5) is 15.1. The molecule has 0 aromatic carbocycles. The minimum Gasteiger partial charge on any atom is -0.378 e. The van der Waals surface area contributed by atoms with Gasteiger partial charge in [0.05, 0.1) is 22.2 Å². The van der Waals surface area contributed by atoms with E-state index in [2.05, 4.69) is 15.6 Å². The van der Waals surface area contributed by atoms with Crippen LogP contribution in [0.2, 0.25) is 10.0 Å². The Hall–Kier alpha value is -0.460. The Morgan fingerprint density at radius 3 is 2.65 bits per heavy atom. The summed E-state index contributed by atoms with van der Waals surface area (Å²) >= 11 is 12.0. The van der Waals surface area contributed by atoms with Crippen molar-refractivity contribution >= 4 is 41.5 Å². The highest BCUT2D eigenvalue weighted by Gasteiger charge is 2.28. The van der Waals surface area contributed by atoms with E-state index in [1.54, 1.807) is 14.0 Å². The Morgan fingerprint density at radius 1 is 1.40 bits per heavy atom. The number of piperidine rings is 1. The molecule has 0 spiro atoms. The van der Waals surface area contributed by atoms with Gasteiger partial charge in [0.1, 0.15) is 5.69 Å². The van der Waals surface area contributed by atoms with Gasteiger partial charge in [0.15, 0.2) is 0 Å². The van der Waals surface area contributed by atoms with Crippen LogP contribution >= 0.6 is 35.6 Å². The van der Waals surface area contributed by atoms with E-state index in [1.165, 1.54) is 0 Å². The number of ether oxygens (including phenoxy) is 1. The first-order chi connectivity index (χ1) is 9.04. The zero-order valence-electron chi connectivity index (χ0n) is 11.3. The summed E-state index contributed by atoms with van der Waals surface area (Å²) in [5.74, 6) is -0.256. The van der Waals surface area contributed by atoms with Crippen LogP contribution in [0.4, 0.5) is 0 Å². The van der Waals surface area contributed by atoms with Crippen molar-refractivity contribution in [3.05, 3.63) is 21.4 Å². The number of rotatable bonds is 3. The molecule has 114 valence electrons. The van der Waals surface area contributed by atoms with Gasteiger partial charge < -0.3 is 20.4 Å². The Morgan fingerprint density at radius 2 is 2.10 bits per heavy atom. The molecular weight excluding hydrogens is 325 g/mol. The van der Waals surface area contributed by atoms with Crippen LogP contribution in [0.5, 0.6) is 0 Å². The van der Waals surface area contributed by atoms with E-state index in [-0.39, 0.29) is 35.5 Å². The highest BCUT2D eigenvalue weighted by Crippen LogP contribution is 2.29. The minimum atomic E-state index is -0.256. The van der Waals surface area contributed by atoms with E-state index in [1.807, 2.05) is 0 Å². The second kappa shape index (κ2) is 7.52. The molecule has 2 heterocycles. The predicted molar refractivity (Wildman–Crippen MR) is 82.3 cm³/mol. The first-order valence-electron chi connectivity index (χ1n) is 6.12. The van der Waals surface area contributed by atoms with Crippen molar-refractivity contribution in [3.63, 3.8) is 0 Å². The number of amides is 1. The molecule has 0 radical (unpaired) electrons. The molecule has 1 saturated heterocycles. The van der Waals surface area contributed by atoms with Crippen LogP contribution in [0.1, 0.15) is 22.6 Å². The fourth-order valence-corrected chi connectivity index (χ4v) is 2.63. The molecule has 1 aromatic heterocycles. The van der Waals surface area contributed by atoms with Crippen molar-refractivity contribution in [3.8, 4) is 0 Å². The normalized spacial score (nSPS) is 22.2. The van der Waals surface area contributed by atoms with Crippen LogP contribution in [0, 0.1) is 6.92 Å². The van der Waals surface area contributed by atoms with E-state index in [0.717, 1.165) is 19.5 Å². The summed E-state index contributed by atoms with van der Waals surface area (Å²) in [5, 5.41) is 6.81. The van der Waals surface area contributed by atoms with Gasteiger partial charge in [-0.15, -0.1) is 12.4 Å².